The van der Waals surface area contributed by atoms with E-state index in [-0.39, 0.29) is 5.91 Å². The van der Waals surface area contributed by atoms with E-state index in [1.165, 1.54) is 16.2 Å². The van der Waals surface area contributed by atoms with Gasteiger partial charge in [-0.25, -0.2) is 9.48 Å². The van der Waals surface area contributed by atoms with E-state index in [0.29, 0.717) is 34.4 Å². The van der Waals surface area contributed by atoms with E-state index in [1.54, 1.807) is 22.9 Å². The Balaban J connectivity index is 1.49. The number of carbonyl (C=O) groups excluding carboxylic acids is 2. The van der Waals surface area contributed by atoms with Gasteiger partial charge in [0.1, 0.15) is 11.4 Å². The maximum atomic E-state index is 13.1. The summed E-state index contributed by atoms with van der Waals surface area (Å²) in [5.41, 5.74) is 2.73. The van der Waals surface area contributed by atoms with Gasteiger partial charge in [0.05, 0.1) is 39.2 Å². The third kappa shape index (κ3) is 3.43. The summed E-state index contributed by atoms with van der Waals surface area (Å²) in [7, 11) is 0. The summed E-state index contributed by atoms with van der Waals surface area (Å²) in [6, 6.07) is 16.5. The summed E-state index contributed by atoms with van der Waals surface area (Å²) < 4.78 is 6.79. The van der Waals surface area contributed by atoms with Gasteiger partial charge in [-0.2, -0.15) is 5.10 Å². The minimum Gasteiger partial charge on any atom is -0.447 e. The number of aryl methyl sites for hydroxylation is 1. The topological polar surface area (TPSA) is 76.5 Å². The highest BCUT2D eigenvalue weighted by Gasteiger charge is 2.26. The monoisotopic (exact) mass is 452 g/mol. The molecule has 1 N–H and O–H groups in total. The summed E-state index contributed by atoms with van der Waals surface area (Å²) >= 11 is 7.70. The molecule has 7 nitrogen and oxygen atoms in total. The number of carbonyl (C=O) groups is 2. The van der Waals surface area contributed by atoms with Crippen LogP contribution in [0.5, 0.6) is 0 Å². The Kier molecular flexibility index (Phi) is 4.88. The van der Waals surface area contributed by atoms with E-state index in [0.717, 1.165) is 21.6 Å². The fraction of sp³-hybridized carbons (Fsp3) is 0.136. The molecule has 0 bridgehead atoms. The van der Waals surface area contributed by atoms with Crippen molar-refractivity contribution in [3.05, 3.63) is 70.2 Å². The summed E-state index contributed by atoms with van der Waals surface area (Å²) in [6.45, 7) is 2.68. The van der Waals surface area contributed by atoms with Crippen molar-refractivity contribution in [2.75, 3.05) is 23.4 Å². The molecule has 31 heavy (non-hydrogen) atoms. The van der Waals surface area contributed by atoms with E-state index in [1.807, 2.05) is 43.3 Å². The summed E-state index contributed by atoms with van der Waals surface area (Å²) in [5.74, 6) is -0.258. The lowest BCUT2D eigenvalue weighted by Gasteiger charge is -2.17. The lowest BCUT2D eigenvalue weighted by molar-refractivity contribution is 0.103. The van der Waals surface area contributed by atoms with Crippen LogP contribution in [0.4, 0.5) is 16.2 Å². The van der Waals surface area contributed by atoms with E-state index >= 15 is 0 Å². The van der Waals surface area contributed by atoms with Crippen molar-refractivity contribution in [3.63, 3.8) is 0 Å². The largest absolute Gasteiger partial charge is 0.447 e. The number of hydrogen-bond acceptors (Lipinski definition) is 5. The highest BCUT2D eigenvalue weighted by atomic mass is 35.5. The second-order valence-corrected chi connectivity index (χ2v) is 8.45. The zero-order valence-electron chi connectivity index (χ0n) is 16.5. The number of thiophene rings is 1. The number of nitrogens with zero attached hydrogens (tertiary/aromatic N) is 3. The number of anilines is 2. The third-order valence-corrected chi connectivity index (χ3v) is 6.48. The third-order valence-electron chi connectivity index (χ3n) is 5.05. The molecule has 0 unspecified atom stereocenters. The van der Waals surface area contributed by atoms with E-state index in [2.05, 4.69) is 10.4 Å². The van der Waals surface area contributed by atoms with Crippen LogP contribution >= 0.6 is 22.9 Å². The molecule has 0 radical (unpaired) electrons. The van der Waals surface area contributed by atoms with Gasteiger partial charge in [-0.15, -0.1) is 11.3 Å². The maximum Gasteiger partial charge on any atom is 0.414 e. The molecule has 5 rings (SSSR count). The molecule has 3 heterocycles. The summed E-state index contributed by atoms with van der Waals surface area (Å²) in [6.07, 6.45) is -0.418. The zero-order chi connectivity index (χ0) is 21.5. The number of cyclic esters (lactones) is 1. The number of halogens is 1. The predicted octanol–water partition coefficient (Wildman–Crippen LogP) is 5.26. The maximum absolute atomic E-state index is 13.1. The standard InChI is InChI=1S/C22H17ClN4O3S/c1-13-14-12-19(31-21(14)27(25-13)17-8-4-2-6-15(17)23)20(28)24-16-7-3-5-9-18(16)26-10-11-30-22(26)29/h2-9,12H,10-11H2,1H3,(H,24,28). The van der Waals surface area contributed by atoms with E-state index < -0.39 is 6.09 Å². The van der Waals surface area contributed by atoms with Gasteiger partial charge in [-0.3, -0.25) is 9.69 Å². The average molecular weight is 453 g/mol. The molecule has 1 fully saturated rings. The fourth-order valence-electron chi connectivity index (χ4n) is 3.56. The normalized spacial score (nSPS) is 13.6. The van der Waals surface area contributed by atoms with Crippen LogP contribution in [0.25, 0.3) is 15.9 Å². The lowest BCUT2D eigenvalue weighted by atomic mass is 10.2. The molecular weight excluding hydrogens is 436 g/mol. The molecule has 156 valence electrons. The number of nitrogens with one attached hydrogen (secondary N) is 1. The quantitative estimate of drug-likeness (QED) is 0.458. The molecule has 1 aliphatic rings. The Morgan fingerprint density at radius 2 is 1.90 bits per heavy atom. The molecule has 0 spiro atoms. The summed E-state index contributed by atoms with van der Waals surface area (Å²) in [5, 5.41) is 9.00. The Labute approximate surface area is 186 Å². The molecule has 1 aliphatic heterocycles. The van der Waals surface area contributed by atoms with Crippen molar-refractivity contribution in [2.24, 2.45) is 0 Å². The SMILES string of the molecule is Cc1nn(-c2ccccc2Cl)c2sc(C(=O)Nc3ccccc3N3CCOC3=O)cc12. The minimum atomic E-state index is -0.418. The lowest BCUT2D eigenvalue weighted by Crippen LogP contribution is -2.25. The van der Waals surface area contributed by atoms with Crippen LogP contribution in [0.15, 0.2) is 54.6 Å². The average Bonchev–Trinajstić information content (AvgIpc) is 3.46. The van der Waals surface area contributed by atoms with Crippen LogP contribution in [0.3, 0.4) is 0 Å². The zero-order valence-corrected chi connectivity index (χ0v) is 18.0. The predicted molar refractivity (Wildman–Crippen MR) is 122 cm³/mol. The van der Waals surface area contributed by atoms with Gasteiger partial charge in [-0.05, 0) is 37.3 Å². The highest BCUT2D eigenvalue weighted by molar-refractivity contribution is 7.20. The van der Waals surface area contributed by atoms with Gasteiger partial charge in [0.15, 0.2) is 0 Å². The molecule has 4 aromatic rings. The number of benzene rings is 2. The van der Waals surface area contributed by atoms with Crippen LogP contribution in [-0.4, -0.2) is 34.9 Å². The molecule has 9 heteroatoms. The number of para-hydroxylation sites is 3. The van der Waals surface area contributed by atoms with Gasteiger partial charge in [-0.1, -0.05) is 35.9 Å². The number of ether oxygens (including phenoxy) is 1. The molecule has 1 saturated heterocycles. The molecule has 2 amide bonds. The second-order valence-electron chi connectivity index (χ2n) is 7.02. The van der Waals surface area contributed by atoms with Crippen LogP contribution in [0.1, 0.15) is 15.4 Å². The number of aromatic nitrogens is 2. The van der Waals surface area contributed by atoms with Crippen molar-refractivity contribution in [1.29, 1.82) is 0 Å². The van der Waals surface area contributed by atoms with Crippen molar-refractivity contribution < 1.29 is 14.3 Å². The number of amides is 2. The van der Waals surface area contributed by atoms with Crippen molar-refractivity contribution >= 4 is 56.5 Å². The van der Waals surface area contributed by atoms with Gasteiger partial charge in [0, 0.05) is 5.39 Å². The molecule has 0 saturated carbocycles. The van der Waals surface area contributed by atoms with Crippen molar-refractivity contribution in [3.8, 4) is 5.69 Å². The van der Waals surface area contributed by atoms with Crippen molar-refractivity contribution in [2.45, 2.75) is 6.92 Å². The molecule has 2 aromatic heterocycles. The van der Waals surface area contributed by atoms with Crippen LogP contribution in [0.2, 0.25) is 5.02 Å². The smallest absolute Gasteiger partial charge is 0.414 e. The molecule has 2 aromatic carbocycles. The van der Waals surface area contributed by atoms with Crippen LogP contribution in [-0.2, 0) is 4.74 Å². The fourth-order valence-corrected chi connectivity index (χ4v) is 4.84. The first-order chi connectivity index (χ1) is 15.0. The Morgan fingerprint density at radius 1 is 1.16 bits per heavy atom. The van der Waals surface area contributed by atoms with Gasteiger partial charge >= 0.3 is 6.09 Å². The Morgan fingerprint density at radius 3 is 2.65 bits per heavy atom. The van der Waals surface area contributed by atoms with Gasteiger partial charge in [0.2, 0.25) is 0 Å². The van der Waals surface area contributed by atoms with Crippen LogP contribution < -0.4 is 10.2 Å². The van der Waals surface area contributed by atoms with Crippen LogP contribution in [0, 0.1) is 6.92 Å². The minimum absolute atomic E-state index is 0.258. The molecular formula is C22H17ClN4O3S. The Bertz CT molecular complexity index is 1330. The van der Waals surface area contributed by atoms with E-state index in [9.17, 15) is 9.59 Å². The van der Waals surface area contributed by atoms with Gasteiger partial charge < -0.3 is 10.1 Å². The first kappa shape index (κ1) is 19.6. The summed E-state index contributed by atoms with van der Waals surface area (Å²) in [4.78, 5) is 27.9. The number of fused-ring (bicyclic) bond motifs is 1. The number of hydrogen-bond donors (Lipinski definition) is 1. The molecule has 0 aliphatic carbocycles. The van der Waals surface area contributed by atoms with Gasteiger partial charge in [0.25, 0.3) is 5.91 Å². The second kappa shape index (κ2) is 7.72. The first-order valence-corrected chi connectivity index (χ1v) is 10.8. The number of rotatable bonds is 4. The van der Waals surface area contributed by atoms with E-state index in [4.69, 9.17) is 16.3 Å². The highest BCUT2D eigenvalue weighted by Crippen LogP contribution is 2.34. The van der Waals surface area contributed by atoms with Crippen molar-refractivity contribution in [1.82, 2.24) is 9.78 Å². The Hall–Kier alpha value is -3.36. The first-order valence-electron chi connectivity index (χ1n) is 9.61. The molecule has 0 atom stereocenters.